The maximum atomic E-state index is 13.5. The Bertz CT molecular complexity index is 895. The standard InChI is InChI=1S/C19H21ClFN5.HI/c1-2-22-19(26-11-13-3-6-18(20)25-10-13)23-8-7-14-12-24-17-5-4-15(21)9-16(14)17;/h3-6,9-10,12,24H,2,7-8,11H2,1H3,(H2,22,23,26);1H. The number of halogens is 3. The molecule has 0 amide bonds. The van der Waals surface area contributed by atoms with Gasteiger partial charge in [-0.1, -0.05) is 17.7 Å². The maximum absolute atomic E-state index is 13.5. The average Bonchev–Trinajstić information content (AvgIpc) is 3.03. The molecule has 0 unspecified atom stereocenters. The molecule has 0 aliphatic heterocycles. The van der Waals surface area contributed by atoms with Gasteiger partial charge in [0.05, 0.1) is 6.54 Å². The summed E-state index contributed by atoms with van der Waals surface area (Å²) in [5.41, 5.74) is 3.00. The number of guanidine groups is 1. The average molecular weight is 502 g/mol. The molecule has 0 saturated heterocycles. The van der Waals surface area contributed by atoms with Crippen molar-refractivity contribution in [1.29, 1.82) is 0 Å². The molecule has 144 valence electrons. The number of hydrogen-bond acceptors (Lipinski definition) is 2. The summed E-state index contributed by atoms with van der Waals surface area (Å²) >= 11 is 5.80. The third-order valence-electron chi connectivity index (χ3n) is 3.97. The van der Waals surface area contributed by atoms with Crippen molar-refractivity contribution in [2.24, 2.45) is 4.99 Å². The first kappa shape index (κ1) is 21.4. The highest BCUT2D eigenvalue weighted by molar-refractivity contribution is 14.0. The Hall–Kier alpha value is -1.87. The summed E-state index contributed by atoms with van der Waals surface area (Å²) in [6.45, 7) is 3.98. The third-order valence-corrected chi connectivity index (χ3v) is 4.19. The highest BCUT2D eigenvalue weighted by Crippen LogP contribution is 2.19. The molecule has 0 atom stereocenters. The zero-order valence-electron chi connectivity index (χ0n) is 14.9. The van der Waals surface area contributed by atoms with E-state index in [2.05, 4.69) is 25.6 Å². The lowest BCUT2D eigenvalue weighted by molar-refractivity contribution is 0.629. The van der Waals surface area contributed by atoms with E-state index in [0.717, 1.165) is 41.0 Å². The number of H-pyrrole nitrogens is 1. The summed E-state index contributed by atoms with van der Waals surface area (Å²) in [4.78, 5) is 11.8. The van der Waals surface area contributed by atoms with Crippen molar-refractivity contribution in [3.05, 3.63) is 64.8 Å². The lowest BCUT2D eigenvalue weighted by Gasteiger charge is -2.11. The number of aromatic amines is 1. The van der Waals surface area contributed by atoms with Crippen LogP contribution in [0, 0.1) is 5.82 Å². The Morgan fingerprint density at radius 3 is 2.85 bits per heavy atom. The Labute approximate surface area is 179 Å². The van der Waals surface area contributed by atoms with E-state index in [4.69, 9.17) is 11.6 Å². The molecule has 2 aromatic heterocycles. The third kappa shape index (κ3) is 6.07. The smallest absolute Gasteiger partial charge is 0.191 e. The molecule has 0 bridgehead atoms. The Morgan fingerprint density at radius 1 is 1.26 bits per heavy atom. The summed E-state index contributed by atoms with van der Waals surface area (Å²) < 4.78 is 13.5. The monoisotopic (exact) mass is 501 g/mol. The van der Waals surface area contributed by atoms with Crippen molar-refractivity contribution in [2.45, 2.75) is 19.9 Å². The minimum atomic E-state index is -0.224. The van der Waals surface area contributed by atoms with Gasteiger partial charge in [-0.05, 0) is 48.7 Å². The van der Waals surface area contributed by atoms with Crippen LogP contribution in [-0.2, 0) is 13.0 Å². The molecule has 2 heterocycles. The van der Waals surface area contributed by atoms with Crippen molar-refractivity contribution in [1.82, 2.24) is 20.6 Å². The zero-order chi connectivity index (χ0) is 18.4. The first-order chi connectivity index (χ1) is 12.7. The van der Waals surface area contributed by atoms with E-state index in [1.54, 1.807) is 24.4 Å². The second kappa shape index (κ2) is 10.5. The number of fused-ring (bicyclic) bond motifs is 1. The molecule has 3 aromatic rings. The van der Waals surface area contributed by atoms with Crippen LogP contribution in [0.1, 0.15) is 18.1 Å². The number of benzene rings is 1. The largest absolute Gasteiger partial charge is 0.361 e. The molecule has 0 aliphatic rings. The number of hydrogen-bond donors (Lipinski definition) is 3. The molecular formula is C19H22ClFIN5. The van der Waals surface area contributed by atoms with Gasteiger partial charge in [-0.3, -0.25) is 0 Å². The van der Waals surface area contributed by atoms with Gasteiger partial charge < -0.3 is 15.6 Å². The summed E-state index contributed by atoms with van der Waals surface area (Å²) in [6.07, 6.45) is 4.40. The highest BCUT2D eigenvalue weighted by Gasteiger charge is 2.05. The van der Waals surface area contributed by atoms with E-state index in [1.165, 1.54) is 6.07 Å². The quantitative estimate of drug-likeness (QED) is 0.205. The van der Waals surface area contributed by atoms with Gasteiger partial charge in [-0.15, -0.1) is 24.0 Å². The fourth-order valence-corrected chi connectivity index (χ4v) is 2.80. The highest BCUT2D eigenvalue weighted by atomic mass is 127. The Morgan fingerprint density at radius 2 is 2.11 bits per heavy atom. The number of pyridine rings is 1. The topological polar surface area (TPSA) is 65.1 Å². The van der Waals surface area contributed by atoms with Gasteiger partial charge in [0.1, 0.15) is 11.0 Å². The molecule has 0 aliphatic carbocycles. The number of nitrogens with zero attached hydrogens (tertiary/aromatic N) is 2. The summed E-state index contributed by atoms with van der Waals surface area (Å²) in [6, 6.07) is 8.44. The second-order valence-electron chi connectivity index (χ2n) is 5.86. The second-order valence-corrected chi connectivity index (χ2v) is 6.25. The van der Waals surface area contributed by atoms with Gasteiger partial charge in [-0.25, -0.2) is 14.4 Å². The molecule has 0 saturated carbocycles. The van der Waals surface area contributed by atoms with Crippen LogP contribution in [-0.4, -0.2) is 29.0 Å². The molecule has 1 aromatic carbocycles. The van der Waals surface area contributed by atoms with Crippen LogP contribution in [0.25, 0.3) is 10.9 Å². The first-order valence-electron chi connectivity index (χ1n) is 8.54. The minimum absolute atomic E-state index is 0. The number of rotatable bonds is 6. The van der Waals surface area contributed by atoms with E-state index in [1.807, 2.05) is 19.2 Å². The molecule has 0 fully saturated rings. The Kier molecular flexibility index (Phi) is 8.30. The van der Waals surface area contributed by atoms with Gasteiger partial charge >= 0.3 is 0 Å². The summed E-state index contributed by atoms with van der Waals surface area (Å²) in [7, 11) is 0. The van der Waals surface area contributed by atoms with Gasteiger partial charge in [0.2, 0.25) is 0 Å². The molecule has 3 N–H and O–H groups in total. The minimum Gasteiger partial charge on any atom is -0.361 e. The molecule has 0 spiro atoms. The fraction of sp³-hybridized carbons (Fsp3) is 0.263. The number of nitrogens with one attached hydrogen (secondary N) is 3. The van der Waals surface area contributed by atoms with E-state index >= 15 is 0 Å². The predicted molar refractivity (Wildman–Crippen MR) is 119 cm³/mol. The van der Waals surface area contributed by atoms with E-state index < -0.39 is 0 Å². The van der Waals surface area contributed by atoms with E-state index in [9.17, 15) is 4.39 Å². The van der Waals surface area contributed by atoms with E-state index in [0.29, 0.717) is 18.2 Å². The van der Waals surface area contributed by atoms with Crippen LogP contribution in [0.15, 0.2) is 47.7 Å². The molecular weight excluding hydrogens is 480 g/mol. The summed E-state index contributed by atoms with van der Waals surface area (Å²) in [5.74, 6) is 0.506. The SMILES string of the molecule is CCNC(=NCc1ccc(Cl)nc1)NCCc1c[nH]c2ccc(F)cc12.I. The molecule has 8 heteroatoms. The number of aliphatic imine (C=N–C) groups is 1. The predicted octanol–water partition coefficient (Wildman–Crippen LogP) is 4.27. The van der Waals surface area contributed by atoms with Crippen molar-refractivity contribution < 1.29 is 4.39 Å². The molecule has 5 nitrogen and oxygen atoms in total. The Balaban J connectivity index is 0.00000261. The van der Waals surface area contributed by atoms with Crippen LogP contribution in [0.3, 0.4) is 0 Å². The van der Waals surface area contributed by atoms with Crippen LogP contribution in [0.4, 0.5) is 4.39 Å². The van der Waals surface area contributed by atoms with Crippen molar-refractivity contribution in [2.75, 3.05) is 13.1 Å². The molecule has 0 radical (unpaired) electrons. The maximum Gasteiger partial charge on any atom is 0.191 e. The normalized spacial score (nSPS) is 11.3. The first-order valence-corrected chi connectivity index (χ1v) is 8.91. The van der Waals surface area contributed by atoms with Gasteiger partial charge in [0.25, 0.3) is 0 Å². The van der Waals surface area contributed by atoms with Crippen molar-refractivity contribution >= 4 is 52.4 Å². The molecule has 3 rings (SSSR count). The lowest BCUT2D eigenvalue weighted by Crippen LogP contribution is -2.38. The van der Waals surface area contributed by atoms with Crippen molar-refractivity contribution in [3.63, 3.8) is 0 Å². The van der Waals surface area contributed by atoms with Crippen molar-refractivity contribution in [3.8, 4) is 0 Å². The van der Waals surface area contributed by atoms with Crippen LogP contribution < -0.4 is 10.6 Å². The molecule has 27 heavy (non-hydrogen) atoms. The summed E-state index contributed by atoms with van der Waals surface area (Å²) in [5, 5.41) is 7.91. The van der Waals surface area contributed by atoms with Gasteiger partial charge in [-0.2, -0.15) is 0 Å². The van der Waals surface area contributed by atoms with Gasteiger partial charge in [0.15, 0.2) is 5.96 Å². The number of aromatic nitrogens is 2. The van der Waals surface area contributed by atoms with Crippen LogP contribution in [0.5, 0.6) is 0 Å². The fourth-order valence-electron chi connectivity index (χ4n) is 2.69. The van der Waals surface area contributed by atoms with E-state index in [-0.39, 0.29) is 29.8 Å². The zero-order valence-corrected chi connectivity index (χ0v) is 18.0. The van der Waals surface area contributed by atoms with Crippen LogP contribution in [0.2, 0.25) is 5.15 Å². The van der Waals surface area contributed by atoms with Crippen LogP contribution >= 0.6 is 35.6 Å². The lowest BCUT2D eigenvalue weighted by atomic mass is 10.1. The van der Waals surface area contributed by atoms with Gasteiger partial charge in [0, 0.05) is 36.4 Å².